The summed E-state index contributed by atoms with van der Waals surface area (Å²) in [6.07, 6.45) is 0.388. The Morgan fingerprint density at radius 2 is 1.97 bits per heavy atom. The Bertz CT molecular complexity index is 1140. The van der Waals surface area contributed by atoms with Gasteiger partial charge >= 0.3 is 0 Å². The molecule has 30 heavy (non-hydrogen) atoms. The highest BCUT2D eigenvalue weighted by atomic mass is 32.2. The van der Waals surface area contributed by atoms with Crippen LogP contribution in [0, 0.1) is 0 Å². The first-order chi connectivity index (χ1) is 14.8. The van der Waals surface area contributed by atoms with Gasteiger partial charge in [-0.3, -0.25) is 9.79 Å². The summed E-state index contributed by atoms with van der Waals surface area (Å²) in [6.45, 7) is 2.20. The summed E-state index contributed by atoms with van der Waals surface area (Å²) in [5, 5.41) is 9.16. The summed E-state index contributed by atoms with van der Waals surface area (Å²) in [5.74, 6) is 0.0287. The van der Waals surface area contributed by atoms with Gasteiger partial charge in [-0.05, 0) is 17.0 Å². The molecule has 3 heterocycles. The van der Waals surface area contributed by atoms with Crippen LogP contribution in [-0.2, 0) is 11.3 Å². The number of fused-ring (bicyclic) bond motifs is 1. The van der Waals surface area contributed by atoms with Gasteiger partial charge in [0.1, 0.15) is 5.01 Å². The normalized spacial score (nSPS) is 15.0. The van der Waals surface area contributed by atoms with E-state index in [1.165, 1.54) is 0 Å². The van der Waals surface area contributed by atoms with E-state index in [4.69, 9.17) is 4.98 Å². The number of carbonyl (C=O) groups is 1. The number of thioether (sulfide) groups is 1. The molecule has 2 aliphatic rings. The second-order valence-corrected chi connectivity index (χ2v) is 8.80. The first kappa shape index (κ1) is 19.1. The van der Waals surface area contributed by atoms with E-state index in [1.54, 1.807) is 23.1 Å². The number of amides is 1. The molecule has 5 rings (SSSR count). The van der Waals surface area contributed by atoms with E-state index in [0.717, 1.165) is 51.3 Å². The number of aliphatic imine (C=N–C) groups is 1. The number of benzene rings is 2. The lowest BCUT2D eigenvalue weighted by Crippen LogP contribution is -2.28. The molecule has 1 aromatic heterocycles. The Morgan fingerprint density at radius 1 is 1.10 bits per heavy atom. The van der Waals surface area contributed by atoms with Gasteiger partial charge in [0.05, 0.1) is 18.7 Å². The van der Waals surface area contributed by atoms with Crippen LogP contribution in [0.3, 0.4) is 0 Å². The second-order valence-electron chi connectivity index (χ2n) is 7.10. The van der Waals surface area contributed by atoms with E-state index < -0.39 is 0 Å². The molecule has 0 unspecified atom stereocenters. The molecule has 0 saturated heterocycles. The van der Waals surface area contributed by atoms with Crippen LogP contribution >= 0.6 is 23.1 Å². The Kier molecular flexibility index (Phi) is 5.38. The molecule has 0 bridgehead atoms. The average Bonchev–Trinajstić information content (AvgIpc) is 3.52. The Balaban J connectivity index is 1.22. The van der Waals surface area contributed by atoms with E-state index in [-0.39, 0.29) is 5.91 Å². The van der Waals surface area contributed by atoms with Gasteiger partial charge in [-0.2, -0.15) is 0 Å². The molecule has 0 saturated carbocycles. The molecule has 7 heteroatoms. The van der Waals surface area contributed by atoms with Crippen LogP contribution in [0.5, 0.6) is 0 Å². The van der Waals surface area contributed by atoms with Crippen molar-refractivity contribution in [3.63, 3.8) is 0 Å². The maximum absolute atomic E-state index is 12.4. The Morgan fingerprint density at radius 3 is 2.87 bits per heavy atom. The van der Waals surface area contributed by atoms with Gasteiger partial charge in [-0.15, -0.1) is 11.3 Å². The van der Waals surface area contributed by atoms with E-state index in [0.29, 0.717) is 13.0 Å². The van der Waals surface area contributed by atoms with Crippen LogP contribution in [0.25, 0.3) is 21.8 Å². The van der Waals surface area contributed by atoms with E-state index in [9.17, 15) is 4.79 Å². The topological polar surface area (TPSA) is 57.6 Å². The van der Waals surface area contributed by atoms with Gasteiger partial charge in [0.15, 0.2) is 5.17 Å². The molecule has 150 valence electrons. The molecule has 5 nitrogen and oxygen atoms in total. The molecule has 3 aromatic rings. The summed E-state index contributed by atoms with van der Waals surface area (Å²) < 4.78 is 0. The van der Waals surface area contributed by atoms with Crippen molar-refractivity contribution in [2.45, 2.75) is 13.0 Å². The van der Waals surface area contributed by atoms with Crippen LogP contribution in [0.15, 0.2) is 76.1 Å². The van der Waals surface area contributed by atoms with Crippen molar-refractivity contribution in [2.24, 2.45) is 4.99 Å². The summed E-state index contributed by atoms with van der Waals surface area (Å²) >= 11 is 3.24. The zero-order chi connectivity index (χ0) is 20.3. The number of nitrogens with one attached hydrogen (secondary N) is 1. The molecule has 1 N–H and O–H groups in total. The fourth-order valence-corrected chi connectivity index (χ4v) is 5.29. The monoisotopic (exact) mass is 432 g/mol. The molecule has 2 aromatic carbocycles. The first-order valence-electron chi connectivity index (χ1n) is 9.81. The predicted octanol–water partition coefficient (Wildman–Crippen LogP) is 4.74. The summed E-state index contributed by atoms with van der Waals surface area (Å²) in [7, 11) is 0. The molecule has 2 aliphatic heterocycles. The van der Waals surface area contributed by atoms with Crippen molar-refractivity contribution < 1.29 is 4.79 Å². The van der Waals surface area contributed by atoms with E-state index >= 15 is 0 Å². The van der Waals surface area contributed by atoms with Crippen LogP contribution in [-0.4, -0.2) is 34.0 Å². The van der Waals surface area contributed by atoms with Gasteiger partial charge < -0.3 is 10.2 Å². The Labute approximate surface area is 183 Å². The third-order valence-electron chi connectivity index (χ3n) is 5.03. The minimum absolute atomic E-state index is 0.0287. The van der Waals surface area contributed by atoms with Crippen molar-refractivity contribution in [1.82, 2.24) is 15.2 Å². The number of carbonyl (C=O) groups excluding carboxylic acids is 1. The van der Waals surface area contributed by atoms with Crippen LogP contribution < -0.4 is 5.32 Å². The SMILES string of the molecule is O=C(CC1=CSC2=NCCN12)NCc1cccc(-c2nc(-c3ccccc3)cs2)c1. The number of amidine groups is 1. The van der Waals surface area contributed by atoms with Crippen LogP contribution in [0.2, 0.25) is 0 Å². The first-order valence-corrected chi connectivity index (χ1v) is 11.6. The smallest absolute Gasteiger partial charge is 0.226 e. The molecular weight excluding hydrogens is 412 g/mol. The van der Waals surface area contributed by atoms with Crippen molar-refractivity contribution in [1.29, 1.82) is 0 Å². The van der Waals surface area contributed by atoms with Gasteiger partial charge in [-0.1, -0.05) is 60.3 Å². The number of nitrogens with zero attached hydrogens (tertiary/aromatic N) is 3. The molecule has 1 amide bonds. The number of hydrogen-bond acceptors (Lipinski definition) is 6. The predicted molar refractivity (Wildman–Crippen MR) is 124 cm³/mol. The van der Waals surface area contributed by atoms with Crippen LogP contribution in [0.4, 0.5) is 0 Å². The molecule has 0 spiro atoms. The molecule has 0 atom stereocenters. The molecular formula is C23H20N4OS2. The maximum Gasteiger partial charge on any atom is 0.226 e. The summed E-state index contributed by atoms with van der Waals surface area (Å²) in [4.78, 5) is 23.8. The van der Waals surface area contributed by atoms with Crippen LogP contribution in [0.1, 0.15) is 12.0 Å². The zero-order valence-electron chi connectivity index (χ0n) is 16.2. The van der Waals surface area contributed by atoms with Gasteiger partial charge in [0.25, 0.3) is 0 Å². The number of hydrogen-bond donors (Lipinski definition) is 1. The number of thiazole rings is 1. The van der Waals surface area contributed by atoms with Gasteiger partial charge in [0.2, 0.25) is 5.91 Å². The standard InChI is InChI=1S/C23H20N4OS2/c28-21(12-19-14-30-23-24-9-10-27(19)23)25-13-16-5-4-8-18(11-16)22-26-20(15-29-22)17-6-2-1-3-7-17/h1-8,11,14-15H,9-10,12-13H2,(H,25,28). The van der Waals surface area contributed by atoms with Gasteiger partial charge in [0, 0.05) is 35.3 Å². The lowest BCUT2D eigenvalue weighted by Gasteiger charge is -2.16. The molecule has 0 fully saturated rings. The summed E-state index contributed by atoms with van der Waals surface area (Å²) in [6, 6.07) is 18.4. The third-order valence-corrected chi connectivity index (χ3v) is 6.87. The molecule has 0 aliphatic carbocycles. The average molecular weight is 433 g/mol. The highest BCUT2D eigenvalue weighted by molar-refractivity contribution is 8.16. The number of aromatic nitrogens is 1. The highest BCUT2D eigenvalue weighted by Gasteiger charge is 2.27. The fourth-order valence-electron chi connectivity index (χ4n) is 3.51. The largest absolute Gasteiger partial charge is 0.352 e. The maximum atomic E-state index is 12.4. The van der Waals surface area contributed by atoms with Crippen molar-refractivity contribution in [3.8, 4) is 21.8 Å². The second kappa shape index (κ2) is 8.45. The minimum Gasteiger partial charge on any atom is -0.352 e. The van der Waals surface area contributed by atoms with Crippen molar-refractivity contribution >= 4 is 34.2 Å². The zero-order valence-corrected chi connectivity index (χ0v) is 17.9. The molecule has 0 radical (unpaired) electrons. The summed E-state index contributed by atoms with van der Waals surface area (Å²) in [5.41, 5.74) is 5.28. The van der Waals surface area contributed by atoms with E-state index in [2.05, 4.69) is 44.9 Å². The third kappa shape index (κ3) is 4.04. The van der Waals surface area contributed by atoms with Crippen molar-refractivity contribution in [3.05, 3.63) is 76.6 Å². The fraction of sp³-hybridized carbons (Fsp3) is 0.174. The Hall–Kier alpha value is -2.90. The lowest BCUT2D eigenvalue weighted by atomic mass is 10.1. The van der Waals surface area contributed by atoms with Crippen molar-refractivity contribution in [2.75, 3.05) is 13.1 Å². The van der Waals surface area contributed by atoms with Gasteiger partial charge in [-0.25, -0.2) is 4.98 Å². The lowest BCUT2D eigenvalue weighted by molar-refractivity contribution is -0.120. The number of rotatable bonds is 6. The highest BCUT2D eigenvalue weighted by Crippen LogP contribution is 2.31. The quantitative estimate of drug-likeness (QED) is 0.611. The minimum atomic E-state index is 0.0287. The van der Waals surface area contributed by atoms with E-state index in [1.807, 2.05) is 35.7 Å².